The summed E-state index contributed by atoms with van der Waals surface area (Å²) in [4.78, 5) is 12.8. The Bertz CT molecular complexity index is 675. The van der Waals surface area contributed by atoms with Crippen molar-refractivity contribution in [1.82, 2.24) is 0 Å². The van der Waals surface area contributed by atoms with Crippen LogP contribution in [0.5, 0.6) is 0 Å². The van der Waals surface area contributed by atoms with E-state index >= 15 is 0 Å². The Hall–Kier alpha value is -0.910. The Morgan fingerprint density at radius 1 is 1.23 bits per heavy atom. The summed E-state index contributed by atoms with van der Waals surface area (Å²) in [6.45, 7) is 4.43. The molecule has 2 fully saturated rings. The molecule has 9 nitrogen and oxygen atoms in total. The molecule has 0 radical (unpaired) electrons. The standard InChI is InChI=1S/C21H34O9/c1-10-6-13(24)18(30-19-17(27)16(26)15(25)14(8-22)29-19)11(2)21(10)5-4-12(7-21)20(3,28)9-23/h6,11-12,14-19,22-23,25-28H,4-5,7-9H2,1-3H3/t11-,12-,14+,15+,16-,17+,18+,19-,20-,21+/m0/s1. The van der Waals surface area contributed by atoms with Crippen LogP contribution < -0.4 is 0 Å². The highest BCUT2D eigenvalue weighted by Crippen LogP contribution is 2.57. The molecule has 0 amide bonds. The average Bonchev–Trinajstić information content (AvgIpc) is 3.17. The van der Waals surface area contributed by atoms with Gasteiger partial charge in [0, 0.05) is 0 Å². The van der Waals surface area contributed by atoms with Crippen LogP contribution in [-0.4, -0.2) is 92.0 Å². The molecule has 0 bridgehead atoms. The maximum atomic E-state index is 12.8. The second kappa shape index (κ2) is 8.55. The molecule has 0 aromatic heterocycles. The van der Waals surface area contributed by atoms with Crippen LogP contribution in [0.25, 0.3) is 0 Å². The van der Waals surface area contributed by atoms with E-state index in [0.717, 1.165) is 5.57 Å². The molecular formula is C21H34O9. The third kappa shape index (κ3) is 3.86. The van der Waals surface area contributed by atoms with E-state index in [1.54, 1.807) is 6.92 Å². The molecule has 3 rings (SSSR count). The largest absolute Gasteiger partial charge is 0.394 e. The summed E-state index contributed by atoms with van der Waals surface area (Å²) in [6.07, 6.45) is -4.67. The molecule has 30 heavy (non-hydrogen) atoms. The summed E-state index contributed by atoms with van der Waals surface area (Å²) >= 11 is 0. The van der Waals surface area contributed by atoms with Crippen molar-refractivity contribution < 1.29 is 44.9 Å². The first-order valence-corrected chi connectivity index (χ1v) is 10.5. The van der Waals surface area contributed by atoms with Crippen LogP contribution in [0.4, 0.5) is 0 Å². The summed E-state index contributed by atoms with van der Waals surface area (Å²) < 4.78 is 11.3. The predicted molar refractivity (Wildman–Crippen MR) is 104 cm³/mol. The van der Waals surface area contributed by atoms with Gasteiger partial charge in [-0.3, -0.25) is 4.79 Å². The molecule has 1 saturated heterocycles. The molecule has 10 atom stereocenters. The smallest absolute Gasteiger partial charge is 0.187 e. The summed E-state index contributed by atoms with van der Waals surface area (Å²) in [5.41, 5.74) is -0.750. The lowest BCUT2D eigenvalue weighted by Gasteiger charge is -2.47. The highest BCUT2D eigenvalue weighted by Gasteiger charge is 2.55. The van der Waals surface area contributed by atoms with Crippen LogP contribution >= 0.6 is 0 Å². The average molecular weight is 430 g/mol. The second-order valence-corrected chi connectivity index (χ2v) is 9.38. The Morgan fingerprint density at radius 3 is 2.50 bits per heavy atom. The van der Waals surface area contributed by atoms with E-state index in [4.69, 9.17) is 9.47 Å². The van der Waals surface area contributed by atoms with Crippen LogP contribution in [0.1, 0.15) is 40.0 Å². The van der Waals surface area contributed by atoms with Gasteiger partial charge in [-0.05, 0) is 56.4 Å². The summed E-state index contributed by atoms with van der Waals surface area (Å²) in [7, 11) is 0. The molecule has 2 aliphatic carbocycles. The van der Waals surface area contributed by atoms with Gasteiger partial charge in [-0.2, -0.15) is 0 Å². The molecule has 0 aromatic rings. The summed E-state index contributed by atoms with van der Waals surface area (Å²) in [6, 6.07) is 0. The van der Waals surface area contributed by atoms with Gasteiger partial charge in [-0.1, -0.05) is 12.5 Å². The highest BCUT2D eigenvalue weighted by atomic mass is 16.7. The number of ketones is 1. The number of aliphatic hydroxyl groups is 6. The number of carbonyl (C=O) groups excluding carboxylic acids is 1. The number of carbonyl (C=O) groups is 1. The van der Waals surface area contributed by atoms with Crippen molar-refractivity contribution >= 4 is 5.78 Å². The van der Waals surface area contributed by atoms with E-state index in [-0.39, 0.29) is 24.2 Å². The van der Waals surface area contributed by atoms with E-state index in [1.807, 2.05) is 13.8 Å². The van der Waals surface area contributed by atoms with E-state index in [2.05, 4.69) is 0 Å². The number of hydrogen-bond donors (Lipinski definition) is 6. The summed E-state index contributed by atoms with van der Waals surface area (Å²) in [5.74, 6) is -0.753. The van der Waals surface area contributed by atoms with Crippen molar-refractivity contribution in [3.63, 3.8) is 0 Å². The van der Waals surface area contributed by atoms with Crippen molar-refractivity contribution in [1.29, 1.82) is 0 Å². The van der Waals surface area contributed by atoms with Crippen LogP contribution in [0.15, 0.2) is 11.6 Å². The molecule has 9 heteroatoms. The van der Waals surface area contributed by atoms with Gasteiger partial charge < -0.3 is 40.1 Å². The van der Waals surface area contributed by atoms with E-state index in [9.17, 15) is 35.4 Å². The fourth-order valence-corrected chi connectivity index (χ4v) is 5.35. The molecule has 3 aliphatic rings. The molecule has 0 unspecified atom stereocenters. The van der Waals surface area contributed by atoms with Gasteiger partial charge in [0.1, 0.15) is 30.5 Å². The van der Waals surface area contributed by atoms with Gasteiger partial charge in [0.2, 0.25) is 0 Å². The maximum absolute atomic E-state index is 12.8. The van der Waals surface area contributed by atoms with Gasteiger partial charge in [-0.25, -0.2) is 0 Å². The first-order chi connectivity index (χ1) is 14.0. The van der Waals surface area contributed by atoms with Crippen molar-refractivity contribution in [2.45, 2.75) is 82.4 Å². The van der Waals surface area contributed by atoms with Crippen LogP contribution in [-0.2, 0) is 14.3 Å². The van der Waals surface area contributed by atoms with Gasteiger partial charge in [-0.15, -0.1) is 0 Å². The topological polar surface area (TPSA) is 157 Å². The van der Waals surface area contributed by atoms with Gasteiger partial charge in [0.25, 0.3) is 0 Å². The Balaban J connectivity index is 1.83. The third-order valence-electron chi connectivity index (χ3n) is 7.63. The minimum absolute atomic E-state index is 0.144. The molecule has 172 valence electrons. The Kier molecular flexibility index (Phi) is 6.77. The van der Waals surface area contributed by atoms with Crippen molar-refractivity contribution in [2.24, 2.45) is 17.3 Å². The predicted octanol–water partition coefficient (Wildman–Crippen LogP) is -1.13. The number of rotatable bonds is 5. The number of ether oxygens (including phenoxy) is 2. The first kappa shape index (κ1) is 23.7. The lowest BCUT2D eigenvalue weighted by Crippen LogP contribution is -2.61. The van der Waals surface area contributed by atoms with Crippen molar-refractivity contribution in [3.05, 3.63) is 11.6 Å². The lowest BCUT2D eigenvalue weighted by molar-refractivity contribution is -0.313. The third-order valence-corrected chi connectivity index (χ3v) is 7.63. The number of allylic oxidation sites excluding steroid dienone is 1. The van der Waals surface area contributed by atoms with Gasteiger partial charge >= 0.3 is 0 Å². The summed E-state index contributed by atoms with van der Waals surface area (Å²) in [5, 5.41) is 59.7. The minimum atomic E-state index is -1.59. The molecule has 1 spiro atoms. The number of hydrogen-bond acceptors (Lipinski definition) is 9. The maximum Gasteiger partial charge on any atom is 0.187 e. The van der Waals surface area contributed by atoms with E-state index in [0.29, 0.717) is 19.3 Å². The lowest BCUT2D eigenvalue weighted by atomic mass is 9.63. The normalized spacial score (nSPS) is 46.7. The number of aliphatic hydroxyl groups excluding tert-OH is 5. The van der Waals surface area contributed by atoms with Gasteiger partial charge in [0.05, 0.1) is 18.8 Å². The molecular weight excluding hydrogens is 396 g/mol. The van der Waals surface area contributed by atoms with Crippen molar-refractivity contribution in [2.75, 3.05) is 13.2 Å². The second-order valence-electron chi connectivity index (χ2n) is 9.38. The van der Waals surface area contributed by atoms with Crippen LogP contribution in [0, 0.1) is 17.3 Å². The zero-order valence-electron chi connectivity index (χ0n) is 17.6. The fourth-order valence-electron chi connectivity index (χ4n) is 5.35. The molecule has 0 aromatic carbocycles. The minimum Gasteiger partial charge on any atom is -0.394 e. The quantitative estimate of drug-likeness (QED) is 0.317. The van der Waals surface area contributed by atoms with E-state index < -0.39 is 54.4 Å². The Labute approximate surface area is 175 Å². The monoisotopic (exact) mass is 430 g/mol. The Morgan fingerprint density at radius 2 is 1.90 bits per heavy atom. The zero-order chi connectivity index (χ0) is 22.4. The van der Waals surface area contributed by atoms with E-state index in [1.165, 1.54) is 6.08 Å². The first-order valence-electron chi connectivity index (χ1n) is 10.5. The molecule has 1 aliphatic heterocycles. The molecule has 6 N–H and O–H groups in total. The highest BCUT2D eigenvalue weighted by molar-refractivity contribution is 5.95. The van der Waals surface area contributed by atoms with Crippen molar-refractivity contribution in [3.8, 4) is 0 Å². The van der Waals surface area contributed by atoms with Crippen LogP contribution in [0.2, 0.25) is 0 Å². The molecule has 1 heterocycles. The van der Waals surface area contributed by atoms with Crippen LogP contribution in [0.3, 0.4) is 0 Å². The van der Waals surface area contributed by atoms with Gasteiger partial charge in [0.15, 0.2) is 12.1 Å². The SMILES string of the molecule is CC1=CC(=O)[C@H](O[C@@H]2O[C@H](CO)[C@@H](O)[C@H](O)[C@H]2O)[C@H](C)[C@@]12CC[C@H]([C@@](C)(O)CO)C2. The zero-order valence-corrected chi connectivity index (χ0v) is 17.6. The molecule has 1 saturated carbocycles. The fraction of sp³-hybridized carbons (Fsp3) is 0.857.